The van der Waals surface area contributed by atoms with E-state index in [1.165, 1.54) is 24.3 Å². The van der Waals surface area contributed by atoms with Crippen molar-refractivity contribution in [2.75, 3.05) is 13.2 Å². The van der Waals surface area contributed by atoms with Crippen molar-refractivity contribution in [3.63, 3.8) is 0 Å². The van der Waals surface area contributed by atoms with Crippen LogP contribution in [0.15, 0.2) is 48.5 Å². The van der Waals surface area contributed by atoms with Gasteiger partial charge in [0.05, 0.1) is 9.85 Å². The summed E-state index contributed by atoms with van der Waals surface area (Å²) in [6.07, 6.45) is 0. The molecule has 8 heteroatoms. The van der Waals surface area contributed by atoms with Crippen molar-refractivity contribution in [3.8, 4) is 35.2 Å². The number of hydrogen-bond donors (Lipinski definition) is 0. The lowest BCUT2D eigenvalue weighted by atomic mass is 10.3. The first kappa shape index (κ1) is 18.3. The van der Waals surface area contributed by atoms with Crippen LogP contribution in [0.5, 0.6) is 11.5 Å². The Morgan fingerprint density at radius 3 is 1.50 bits per heavy atom. The van der Waals surface area contributed by atoms with Crippen LogP contribution >= 0.6 is 0 Å². The van der Waals surface area contributed by atoms with Crippen LogP contribution in [-0.4, -0.2) is 23.1 Å². The van der Waals surface area contributed by atoms with E-state index in [-0.39, 0.29) is 36.1 Å². The smallest absolute Gasteiger partial charge is 0.310 e. The number of hydrogen-bond acceptors (Lipinski definition) is 6. The van der Waals surface area contributed by atoms with E-state index in [1.807, 2.05) is 0 Å². The Hall–Kier alpha value is -4.04. The maximum Gasteiger partial charge on any atom is 0.310 e. The number of nitro benzene ring substituents is 2. The van der Waals surface area contributed by atoms with E-state index in [9.17, 15) is 20.2 Å². The van der Waals surface area contributed by atoms with Crippen molar-refractivity contribution < 1.29 is 19.3 Å². The van der Waals surface area contributed by atoms with Gasteiger partial charge in [0, 0.05) is 12.1 Å². The van der Waals surface area contributed by atoms with E-state index in [2.05, 4.69) is 23.7 Å². The molecule has 0 amide bonds. The molecule has 130 valence electrons. The van der Waals surface area contributed by atoms with Gasteiger partial charge in [-0.15, -0.1) is 0 Å². The molecule has 0 radical (unpaired) electrons. The summed E-state index contributed by atoms with van der Waals surface area (Å²) in [6.45, 7) is -0.130. The Kier molecular flexibility index (Phi) is 6.55. The van der Waals surface area contributed by atoms with Crippen molar-refractivity contribution >= 4 is 11.4 Å². The van der Waals surface area contributed by atoms with Gasteiger partial charge < -0.3 is 9.47 Å². The zero-order valence-corrected chi connectivity index (χ0v) is 13.4. The van der Waals surface area contributed by atoms with Gasteiger partial charge in [0.25, 0.3) is 0 Å². The minimum Gasteiger partial charge on any atom is -0.474 e. The second-order valence-electron chi connectivity index (χ2n) is 4.63. The van der Waals surface area contributed by atoms with Gasteiger partial charge in [0.2, 0.25) is 0 Å². The van der Waals surface area contributed by atoms with Gasteiger partial charge in [-0.2, -0.15) is 0 Å². The zero-order valence-electron chi connectivity index (χ0n) is 13.4. The third-order valence-electron chi connectivity index (χ3n) is 2.96. The number of nitrogens with zero attached hydrogens (tertiary/aromatic N) is 2. The molecule has 0 unspecified atom stereocenters. The minimum absolute atomic E-state index is 0.0649. The number of para-hydroxylation sites is 4. The standard InChI is InChI=1S/C18H12N2O6/c21-19(22)15-9-3-5-11-17(15)25-13-7-1-2-8-14-26-18-12-6-4-10-16(18)20(23)24/h3-6,9-12H,13-14H2. The Balaban J connectivity index is 1.84. The highest BCUT2D eigenvalue weighted by Gasteiger charge is 2.13. The van der Waals surface area contributed by atoms with E-state index >= 15 is 0 Å². The predicted molar refractivity (Wildman–Crippen MR) is 92.7 cm³/mol. The second-order valence-corrected chi connectivity index (χ2v) is 4.63. The van der Waals surface area contributed by atoms with Crippen LogP contribution < -0.4 is 9.47 Å². The fourth-order valence-electron chi connectivity index (χ4n) is 1.85. The van der Waals surface area contributed by atoms with Gasteiger partial charge in [0.1, 0.15) is 13.2 Å². The maximum absolute atomic E-state index is 10.8. The molecule has 0 heterocycles. The van der Waals surface area contributed by atoms with Crippen LogP contribution in [0.25, 0.3) is 0 Å². The summed E-state index contributed by atoms with van der Waals surface area (Å²) in [5.41, 5.74) is -0.281. The highest BCUT2D eigenvalue weighted by atomic mass is 16.6. The van der Waals surface area contributed by atoms with Crippen LogP contribution in [0.3, 0.4) is 0 Å². The first-order valence-electron chi connectivity index (χ1n) is 7.27. The third kappa shape index (κ3) is 5.25. The Bertz CT molecular complexity index is 856. The maximum atomic E-state index is 10.8. The summed E-state index contributed by atoms with van der Waals surface area (Å²) in [6, 6.07) is 12.0. The molecule has 0 N–H and O–H groups in total. The summed E-state index contributed by atoms with van der Waals surface area (Å²) in [5.74, 6) is 10.5. The molecule has 0 aliphatic rings. The van der Waals surface area contributed by atoms with Gasteiger partial charge in [-0.3, -0.25) is 20.2 Å². The van der Waals surface area contributed by atoms with E-state index in [0.29, 0.717) is 0 Å². The molecule has 0 fully saturated rings. The van der Waals surface area contributed by atoms with Crippen LogP contribution in [0.4, 0.5) is 11.4 Å². The van der Waals surface area contributed by atoms with Gasteiger partial charge in [0.15, 0.2) is 11.5 Å². The molecule has 0 aromatic heterocycles. The summed E-state index contributed by atoms with van der Waals surface area (Å²) < 4.78 is 10.5. The topological polar surface area (TPSA) is 105 Å². The Labute approximate surface area is 148 Å². The predicted octanol–water partition coefficient (Wildman–Crippen LogP) is 2.97. The molecule has 0 aliphatic heterocycles. The first-order chi connectivity index (χ1) is 12.6. The van der Waals surface area contributed by atoms with E-state index in [0.717, 1.165) is 0 Å². The van der Waals surface area contributed by atoms with E-state index in [1.54, 1.807) is 24.3 Å². The molecule has 0 atom stereocenters. The first-order valence-corrected chi connectivity index (χ1v) is 7.27. The van der Waals surface area contributed by atoms with Gasteiger partial charge in [-0.05, 0) is 35.8 Å². The number of ether oxygens (including phenoxy) is 2. The number of benzene rings is 2. The summed E-state index contributed by atoms with van der Waals surface area (Å²) in [7, 11) is 0. The normalized spacial score (nSPS) is 9.08. The average molecular weight is 352 g/mol. The molecule has 0 spiro atoms. The largest absolute Gasteiger partial charge is 0.474 e. The lowest BCUT2D eigenvalue weighted by Crippen LogP contribution is -1.98. The Morgan fingerprint density at radius 2 is 1.12 bits per heavy atom. The molecule has 0 bridgehead atoms. The molecule has 0 aliphatic carbocycles. The van der Waals surface area contributed by atoms with Crippen molar-refractivity contribution in [2.24, 2.45) is 0 Å². The number of nitro groups is 2. The van der Waals surface area contributed by atoms with Crippen LogP contribution in [0, 0.1) is 43.9 Å². The molecule has 0 saturated heterocycles. The summed E-state index contributed by atoms with van der Waals surface area (Å²) in [5, 5.41) is 21.6. The average Bonchev–Trinajstić information content (AvgIpc) is 2.64. The molecule has 2 rings (SSSR count). The van der Waals surface area contributed by atoms with Crippen molar-refractivity contribution in [1.29, 1.82) is 0 Å². The van der Waals surface area contributed by atoms with Gasteiger partial charge in [-0.25, -0.2) is 0 Å². The number of rotatable bonds is 6. The minimum atomic E-state index is -0.539. The zero-order chi connectivity index (χ0) is 18.8. The fraction of sp³-hybridized carbons (Fsp3) is 0.111. The Morgan fingerprint density at radius 1 is 0.731 bits per heavy atom. The molecule has 26 heavy (non-hydrogen) atoms. The fourth-order valence-corrected chi connectivity index (χ4v) is 1.85. The van der Waals surface area contributed by atoms with Gasteiger partial charge >= 0.3 is 11.4 Å². The monoisotopic (exact) mass is 352 g/mol. The van der Waals surface area contributed by atoms with E-state index < -0.39 is 9.85 Å². The molecule has 2 aromatic carbocycles. The lowest BCUT2D eigenvalue weighted by molar-refractivity contribution is -0.386. The van der Waals surface area contributed by atoms with Crippen molar-refractivity contribution in [3.05, 3.63) is 68.8 Å². The third-order valence-corrected chi connectivity index (χ3v) is 2.96. The molecular formula is C18H12N2O6. The quantitative estimate of drug-likeness (QED) is 0.450. The van der Waals surface area contributed by atoms with Crippen LogP contribution in [0.2, 0.25) is 0 Å². The summed E-state index contributed by atoms with van der Waals surface area (Å²) in [4.78, 5) is 20.6. The summed E-state index contributed by atoms with van der Waals surface area (Å²) >= 11 is 0. The highest BCUT2D eigenvalue weighted by Crippen LogP contribution is 2.26. The van der Waals surface area contributed by atoms with Crippen molar-refractivity contribution in [1.82, 2.24) is 0 Å². The van der Waals surface area contributed by atoms with Crippen LogP contribution in [0.1, 0.15) is 0 Å². The molecule has 0 saturated carbocycles. The van der Waals surface area contributed by atoms with Gasteiger partial charge in [-0.1, -0.05) is 24.3 Å². The molecule has 8 nitrogen and oxygen atoms in total. The molecule has 2 aromatic rings. The highest BCUT2D eigenvalue weighted by molar-refractivity contribution is 5.46. The van der Waals surface area contributed by atoms with E-state index in [4.69, 9.17) is 9.47 Å². The SMILES string of the molecule is O=[N+]([O-])c1ccccc1OCC#CC#CCOc1ccccc1[N+](=O)[O-]. The molecular weight excluding hydrogens is 340 g/mol. The second kappa shape index (κ2) is 9.30. The van der Waals surface area contributed by atoms with Crippen LogP contribution in [-0.2, 0) is 0 Å². The van der Waals surface area contributed by atoms with Crippen molar-refractivity contribution in [2.45, 2.75) is 0 Å². The lowest BCUT2D eigenvalue weighted by Gasteiger charge is -2.01.